The van der Waals surface area contributed by atoms with Gasteiger partial charge in [-0.05, 0) is 61.7 Å². The molecular weight excluding hydrogens is 368 g/mol. The summed E-state index contributed by atoms with van der Waals surface area (Å²) in [7, 11) is -0.492. The number of thiocarbonyl (C=S) groups is 1. The first-order valence-electron chi connectivity index (χ1n) is 8.33. The Bertz CT molecular complexity index is 856. The molecule has 26 heavy (non-hydrogen) atoms. The third-order valence-electron chi connectivity index (χ3n) is 4.00. The number of benzene rings is 1. The normalized spacial score (nSPS) is 18.5. The third-order valence-corrected chi connectivity index (χ3v) is 6.01. The number of anilines is 1. The van der Waals surface area contributed by atoms with Crippen molar-refractivity contribution >= 4 is 38.8 Å². The lowest BCUT2D eigenvalue weighted by atomic mass is 9.77. The Kier molecular flexibility index (Phi) is 6.21. The molecule has 142 valence electrons. The van der Waals surface area contributed by atoms with Crippen LogP contribution < -0.4 is 10.7 Å². The number of hydrogen-bond acceptors (Lipinski definition) is 4. The Labute approximate surface area is 161 Å². The Balaban J connectivity index is 2.07. The van der Waals surface area contributed by atoms with E-state index in [1.807, 2.05) is 0 Å². The molecule has 2 rings (SSSR count). The molecule has 0 spiro atoms. The van der Waals surface area contributed by atoms with Crippen molar-refractivity contribution < 1.29 is 8.42 Å². The van der Waals surface area contributed by atoms with Crippen molar-refractivity contribution in [3.8, 4) is 0 Å². The summed E-state index contributed by atoms with van der Waals surface area (Å²) in [6.45, 7) is 6.53. The van der Waals surface area contributed by atoms with Crippen molar-refractivity contribution in [3.05, 3.63) is 35.9 Å². The number of hydrazone groups is 1. The van der Waals surface area contributed by atoms with E-state index in [9.17, 15) is 8.42 Å². The highest BCUT2D eigenvalue weighted by Crippen LogP contribution is 2.33. The Hall–Kier alpha value is -1.77. The molecule has 1 aliphatic carbocycles. The van der Waals surface area contributed by atoms with Gasteiger partial charge < -0.3 is 5.32 Å². The van der Waals surface area contributed by atoms with Crippen LogP contribution >= 0.6 is 12.2 Å². The quantitative estimate of drug-likeness (QED) is 0.605. The zero-order valence-electron chi connectivity index (χ0n) is 15.8. The predicted molar refractivity (Wildman–Crippen MR) is 111 cm³/mol. The molecule has 0 fully saturated rings. The number of allylic oxidation sites excluding steroid dienone is 2. The Morgan fingerprint density at radius 2 is 1.96 bits per heavy atom. The van der Waals surface area contributed by atoms with Crippen LogP contribution in [0.1, 0.15) is 33.6 Å². The van der Waals surface area contributed by atoms with Gasteiger partial charge in [-0.1, -0.05) is 25.5 Å². The van der Waals surface area contributed by atoms with Gasteiger partial charge in [-0.25, -0.2) is 12.7 Å². The molecule has 0 unspecified atom stereocenters. The number of hydrogen-bond donors (Lipinski definition) is 2. The minimum Gasteiger partial charge on any atom is -0.331 e. The van der Waals surface area contributed by atoms with Crippen LogP contribution in [-0.4, -0.2) is 37.6 Å². The first-order valence-corrected chi connectivity index (χ1v) is 10.2. The lowest BCUT2D eigenvalue weighted by molar-refractivity contribution is 0.373. The van der Waals surface area contributed by atoms with Crippen LogP contribution in [0.2, 0.25) is 0 Å². The van der Waals surface area contributed by atoms with Crippen molar-refractivity contribution in [1.29, 1.82) is 0 Å². The largest absolute Gasteiger partial charge is 0.331 e. The van der Waals surface area contributed by atoms with Crippen LogP contribution in [0, 0.1) is 5.41 Å². The number of nitrogens with zero attached hydrogens (tertiary/aromatic N) is 2. The molecule has 1 aromatic carbocycles. The maximum atomic E-state index is 12.2. The maximum absolute atomic E-state index is 12.2. The molecule has 2 N–H and O–H groups in total. The minimum absolute atomic E-state index is 0.184. The fraction of sp³-hybridized carbons (Fsp3) is 0.444. The highest BCUT2D eigenvalue weighted by atomic mass is 32.2. The van der Waals surface area contributed by atoms with Crippen LogP contribution in [0.3, 0.4) is 0 Å². The molecule has 1 aliphatic rings. The summed E-state index contributed by atoms with van der Waals surface area (Å²) < 4.78 is 25.6. The van der Waals surface area contributed by atoms with Gasteiger partial charge in [0.25, 0.3) is 0 Å². The summed E-state index contributed by atoms with van der Waals surface area (Å²) in [6, 6.07) is 6.52. The van der Waals surface area contributed by atoms with E-state index >= 15 is 0 Å². The second-order valence-corrected chi connectivity index (χ2v) is 10.1. The molecule has 0 aliphatic heterocycles. The number of nitrogens with one attached hydrogen (secondary N) is 2. The average molecular weight is 395 g/mol. The van der Waals surface area contributed by atoms with Crippen LogP contribution in [0.25, 0.3) is 0 Å². The highest BCUT2D eigenvalue weighted by Gasteiger charge is 2.24. The van der Waals surface area contributed by atoms with Crippen molar-refractivity contribution in [2.24, 2.45) is 10.5 Å². The van der Waals surface area contributed by atoms with Gasteiger partial charge in [0.05, 0.1) is 10.6 Å². The molecule has 0 heterocycles. The smallest absolute Gasteiger partial charge is 0.242 e. The van der Waals surface area contributed by atoms with Crippen LogP contribution in [0.5, 0.6) is 0 Å². The molecule has 0 aromatic heterocycles. The van der Waals surface area contributed by atoms with Gasteiger partial charge >= 0.3 is 0 Å². The van der Waals surface area contributed by atoms with Gasteiger partial charge in [0.2, 0.25) is 10.0 Å². The van der Waals surface area contributed by atoms with Crippen molar-refractivity contribution in [2.45, 2.75) is 38.5 Å². The fourth-order valence-corrected chi connectivity index (χ4v) is 4.10. The van der Waals surface area contributed by atoms with Gasteiger partial charge in [0.1, 0.15) is 0 Å². The van der Waals surface area contributed by atoms with E-state index in [0.29, 0.717) is 10.8 Å². The number of sulfonamides is 1. The molecule has 0 saturated heterocycles. The number of rotatable bonds is 4. The van der Waals surface area contributed by atoms with E-state index in [2.05, 4.69) is 42.7 Å². The summed E-state index contributed by atoms with van der Waals surface area (Å²) in [4.78, 5) is 0.203. The van der Waals surface area contributed by atoms with Crippen molar-refractivity contribution in [2.75, 3.05) is 19.4 Å². The fourth-order valence-electron chi connectivity index (χ4n) is 2.99. The van der Waals surface area contributed by atoms with Crippen molar-refractivity contribution in [1.82, 2.24) is 9.73 Å². The predicted octanol–water partition coefficient (Wildman–Crippen LogP) is 3.35. The van der Waals surface area contributed by atoms with Crippen LogP contribution in [-0.2, 0) is 10.0 Å². The maximum Gasteiger partial charge on any atom is 0.242 e. The van der Waals surface area contributed by atoms with Gasteiger partial charge in [-0.3, -0.25) is 5.43 Å². The van der Waals surface area contributed by atoms with E-state index in [0.717, 1.165) is 18.6 Å². The SMILES string of the molecule is CC1=CC(=NNC(=S)Nc2cccc(S(=O)(=O)N(C)C)c2)CC(C)(C)C1. The zero-order chi connectivity index (χ0) is 19.5. The van der Waals surface area contributed by atoms with Crippen LogP contribution in [0.15, 0.2) is 45.9 Å². The topological polar surface area (TPSA) is 73.8 Å². The monoisotopic (exact) mass is 394 g/mol. The molecule has 6 nitrogen and oxygen atoms in total. The first kappa shape index (κ1) is 20.5. The highest BCUT2D eigenvalue weighted by molar-refractivity contribution is 7.89. The summed E-state index contributed by atoms with van der Waals surface area (Å²) in [5.74, 6) is 0. The van der Waals surface area contributed by atoms with Gasteiger partial charge in [-0.2, -0.15) is 5.10 Å². The molecule has 0 bridgehead atoms. The summed E-state index contributed by atoms with van der Waals surface area (Å²) >= 11 is 5.27. The van der Waals surface area contributed by atoms with E-state index < -0.39 is 10.0 Å². The summed E-state index contributed by atoms with van der Waals surface area (Å²) in [5.41, 5.74) is 5.86. The molecular formula is C18H26N4O2S2. The molecule has 0 radical (unpaired) electrons. The minimum atomic E-state index is -3.49. The van der Waals surface area contributed by atoms with Gasteiger partial charge in [0, 0.05) is 19.8 Å². The Morgan fingerprint density at radius 1 is 1.27 bits per heavy atom. The summed E-state index contributed by atoms with van der Waals surface area (Å²) in [5, 5.41) is 7.67. The standard InChI is InChI=1S/C18H26N4O2S2/c1-13-9-15(12-18(2,3)11-13)20-21-17(25)19-14-7-6-8-16(10-14)26(23,24)22(4)5/h6-10H,11-12H2,1-5H3,(H2,19,21,25). The molecule has 0 saturated carbocycles. The third kappa shape index (κ3) is 5.36. The van der Waals surface area contributed by atoms with E-state index in [-0.39, 0.29) is 10.3 Å². The zero-order valence-corrected chi connectivity index (χ0v) is 17.5. The lowest BCUT2D eigenvalue weighted by Gasteiger charge is -2.29. The molecule has 0 amide bonds. The van der Waals surface area contributed by atoms with E-state index in [1.165, 1.54) is 24.0 Å². The van der Waals surface area contributed by atoms with E-state index in [1.54, 1.807) is 24.3 Å². The molecule has 8 heteroatoms. The first-order chi connectivity index (χ1) is 12.0. The second-order valence-electron chi connectivity index (χ2n) is 7.49. The molecule has 1 aromatic rings. The van der Waals surface area contributed by atoms with Crippen LogP contribution in [0.4, 0.5) is 5.69 Å². The van der Waals surface area contributed by atoms with Crippen molar-refractivity contribution in [3.63, 3.8) is 0 Å². The summed E-state index contributed by atoms with van der Waals surface area (Å²) in [6.07, 6.45) is 4.00. The second kappa shape index (κ2) is 7.85. The Morgan fingerprint density at radius 3 is 2.58 bits per heavy atom. The van der Waals surface area contributed by atoms with E-state index in [4.69, 9.17) is 12.2 Å². The average Bonchev–Trinajstić information content (AvgIpc) is 2.51. The van der Waals surface area contributed by atoms with Gasteiger partial charge in [0.15, 0.2) is 5.11 Å². The van der Waals surface area contributed by atoms with Gasteiger partial charge in [-0.15, -0.1) is 0 Å². The lowest BCUT2D eigenvalue weighted by Crippen LogP contribution is -2.28. The molecule has 0 atom stereocenters.